The Morgan fingerprint density at radius 1 is 1.31 bits per heavy atom. The summed E-state index contributed by atoms with van der Waals surface area (Å²) >= 11 is 1.30. The molecule has 2 aromatic rings. The van der Waals surface area contributed by atoms with Crippen molar-refractivity contribution in [2.24, 2.45) is 0 Å². The maximum Gasteiger partial charge on any atom is 0.367 e. The summed E-state index contributed by atoms with van der Waals surface area (Å²) in [5.74, 6) is -0.911. The van der Waals surface area contributed by atoms with E-state index in [1.807, 2.05) is 12.3 Å². The van der Waals surface area contributed by atoms with E-state index in [4.69, 9.17) is 4.74 Å². The summed E-state index contributed by atoms with van der Waals surface area (Å²) in [6.45, 7) is 7.70. The number of ether oxygens (including phenoxy) is 1. The monoisotopic (exact) mass is 420 g/mol. The number of nitrogens with one attached hydrogen (secondary N) is 1. The molecule has 7 nitrogen and oxygen atoms in total. The second-order valence-electron chi connectivity index (χ2n) is 6.85. The fraction of sp³-hybridized carbons (Fsp3) is 0.450. The first-order valence-electron chi connectivity index (χ1n) is 9.60. The largest absolute Gasteiger partial charge is 0.461 e. The van der Waals surface area contributed by atoms with Crippen LogP contribution in [0.4, 0.5) is 10.1 Å². The van der Waals surface area contributed by atoms with E-state index in [1.54, 1.807) is 19.1 Å². The molecule has 0 radical (unpaired) electrons. The number of halogens is 1. The molecule has 156 valence electrons. The molecule has 1 aliphatic heterocycles. The zero-order valence-electron chi connectivity index (χ0n) is 16.6. The van der Waals surface area contributed by atoms with Crippen molar-refractivity contribution < 1.29 is 18.7 Å². The number of carbonyl (C=O) groups is 2. The fourth-order valence-corrected chi connectivity index (χ4v) is 3.88. The molecule has 1 fully saturated rings. The van der Waals surface area contributed by atoms with Gasteiger partial charge in [-0.3, -0.25) is 14.6 Å². The van der Waals surface area contributed by atoms with Gasteiger partial charge < -0.3 is 10.1 Å². The third-order valence-corrected chi connectivity index (χ3v) is 5.68. The Kier molecular flexibility index (Phi) is 7.29. The van der Waals surface area contributed by atoms with E-state index in [1.165, 1.54) is 23.5 Å². The number of carbonyl (C=O) groups excluding carboxylic acids is 2. The van der Waals surface area contributed by atoms with Crippen molar-refractivity contribution >= 4 is 28.9 Å². The lowest BCUT2D eigenvalue weighted by Crippen LogP contribution is -2.52. The molecule has 1 N–H and O–H groups in total. The van der Waals surface area contributed by atoms with Gasteiger partial charge in [0.15, 0.2) is 0 Å². The van der Waals surface area contributed by atoms with Crippen molar-refractivity contribution in [3.63, 3.8) is 0 Å². The molecule has 1 unspecified atom stereocenters. The molecule has 0 spiro atoms. The van der Waals surface area contributed by atoms with Gasteiger partial charge in [-0.05, 0) is 32.0 Å². The van der Waals surface area contributed by atoms with E-state index in [2.05, 4.69) is 20.1 Å². The average Bonchev–Trinajstić information content (AvgIpc) is 3.17. The molecular weight excluding hydrogens is 395 g/mol. The predicted octanol–water partition coefficient (Wildman–Crippen LogP) is 2.60. The van der Waals surface area contributed by atoms with Crippen LogP contribution in [0.3, 0.4) is 0 Å². The van der Waals surface area contributed by atoms with Gasteiger partial charge in [0.1, 0.15) is 5.82 Å². The van der Waals surface area contributed by atoms with Crippen molar-refractivity contribution in [3.8, 4) is 0 Å². The molecule has 1 atom stereocenters. The molecule has 1 aromatic carbocycles. The molecular formula is C20H25FN4O3S. The third-order valence-electron chi connectivity index (χ3n) is 4.81. The number of nitrogens with zero attached hydrogens (tertiary/aromatic N) is 3. The molecule has 2 heterocycles. The smallest absolute Gasteiger partial charge is 0.367 e. The first-order valence-corrected chi connectivity index (χ1v) is 10.5. The van der Waals surface area contributed by atoms with E-state index < -0.39 is 0 Å². The van der Waals surface area contributed by atoms with Crippen LogP contribution in [-0.4, -0.2) is 65.5 Å². The number of anilines is 1. The molecule has 3 rings (SSSR count). The first-order chi connectivity index (χ1) is 14.0. The van der Waals surface area contributed by atoms with Crippen molar-refractivity contribution in [1.82, 2.24) is 14.8 Å². The van der Waals surface area contributed by atoms with E-state index in [0.717, 1.165) is 31.9 Å². The lowest BCUT2D eigenvalue weighted by molar-refractivity contribution is -0.121. The zero-order chi connectivity index (χ0) is 20.8. The average molecular weight is 421 g/mol. The van der Waals surface area contributed by atoms with Crippen LogP contribution in [0.25, 0.3) is 0 Å². The minimum atomic E-state index is -0.383. The molecule has 0 saturated carbocycles. The van der Waals surface area contributed by atoms with Crippen molar-refractivity contribution in [2.75, 3.05) is 38.1 Å². The van der Waals surface area contributed by atoms with E-state index >= 15 is 0 Å². The quantitative estimate of drug-likeness (QED) is 0.694. The summed E-state index contributed by atoms with van der Waals surface area (Å²) in [6, 6.07) is 5.58. The first kappa shape index (κ1) is 21.4. The standard InChI is InChI=1S/C20H25FN4O3S/c1-3-28-20(27)19-23-17(13-29-19)12-24-7-9-25(10-8-24)14(2)18(26)22-16-6-4-5-15(21)11-16/h4-6,11,13-14H,3,7-10,12H2,1-2H3,(H,22,26). The zero-order valence-corrected chi connectivity index (χ0v) is 17.4. The van der Waals surface area contributed by atoms with Gasteiger partial charge in [-0.2, -0.15) is 0 Å². The Labute approximate surface area is 173 Å². The number of rotatable bonds is 7. The van der Waals surface area contributed by atoms with Crippen LogP contribution in [0, 0.1) is 5.82 Å². The molecule has 1 aromatic heterocycles. The summed E-state index contributed by atoms with van der Waals surface area (Å²) in [6.07, 6.45) is 0. The highest BCUT2D eigenvalue weighted by atomic mass is 32.1. The van der Waals surface area contributed by atoms with Gasteiger partial charge in [-0.15, -0.1) is 11.3 Å². The summed E-state index contributed by atoms with van der Waals surface area (Å²) in [5.41, 5.74) is 1.31. The Morgan fingerprint density at radius 3 is 2.76 bits per heavy atom. The molecule has 0 bridgehead atoms. The lowest BCUT2D eigenvalue weighted by atomic mass is 10.2. The number of esters is 1. The van der Waals surface area contributed by atoms with Crippen LogP contribution >= 0.6 is 11.3 Å². The molecule has 1 aliphatic rings. The second kappa shape index (κ2) is 9.91. The minimum absolute atomic E-state index is 0.150. The van der Waals surface area contributed by atoms with Gasteiger partial charge in [0.05, 0.1) is 18.3 Å². The predicted molar refractivity (Wildman–Crippen MR) is 109 cm³/mol. The van der Waals surface area contributed by atoms with Gasteiger partial charge in [0.2, 0.25) is 10.9 Å². The van der Waals surface area contributed by atoms with Gasteiger partial charge >= 0.3 is 5.97 Å². The maximum absolute atomic E-state index is 13.3. The summed E-state index contributed by atoms with van der Waals surface area (Å²) in [5, 5.41) is 5.03. The molecule has 1 saturated heterocycles. The van der Waals surface area contributed by atoms with Crippen LogP contribution in [0.15, 0.2) is 29.6 Å². The van der Waals surface area contributed by atoms with Crippen molar-refractivity contribution in [2.45, 2.75) is 26.4 Å². The van der Waals surface area contributed by atoms with E-state index in [9.17, 15) is 14.0 Å². The number of thiazole rings is 1. The number of piperazine rings is 1. The van der Waals surface area contributed by atoms with Gasteiger partial charge in [-0.25, -0.2) is 14.2 Å². The summed E-state index contributed by atoms with van der Waals surface area (Å²) < 4.78 is 18.3. The fourth-order valence-electron chi connectivity index (χ4n) is 3.18. The maximum atomic E-state index is 13.3. The van der Waals surface area contributed by atoms with Crippen LogP contribution in [-0.2, 0) is 16.1 Å². The molecule has 0 aliphatic carbocycles. The summed E-state index contributed by atoms with van der Waals surface area (Å²) in [7, 11) is 0. The topological polar surface area (TPSA) is 74.8 Å². The highest BCUT2D eigenvalue weighted by Gasteiger charge is 2.26. The SMILES string of the molecule is CCOC(=O)c1nc(CN2CCN(C(C)C(=O)Nc3cccc(F)c3)CC2)cs1. The minimum Gasteiger partial charge on any atom is -0.461 e. The summed E-state index contributed by atoms with van der Waals surface area (Å²) in [4.78, 5) is 32.9. The van der Waals surface area contributed by atoms with Crippen LogP contribution < -0.4 is 5.32 Å². The van der Waals surface area contributed by atoms with Gasteiger partial charge in [-0.1, -0.05) is 6.07 Å². The lowest BCUT2D eigenvalue weighted by Gasteiger charge is -2.37. The van der Waals surface area contributed by atoms with Crippen LogP contribution in [0.2, 0.25) is 0 Å². The van der Waals surface area contributed by atoms with E-state index in [0.29, 0.717) is 23.8 Å². The van der Waals surface area contributed by atoms with Crippen molar-refractivity contribution in [1.29, 1.82) is 0 Å². The van der Waals surface area contributed by atoms with Crippen LogP contribution in [0.5, 0.6) is 0 Å². The number of amides is 1. The van der Waals surface area contributed by atoms with Crippen molar-refractivity contribution in [3.05, 3.63) is 46.2 Å². The Balaban J connectivity index is 1.47. The Bertz CT molecular complexity index is 852. The highest BCUT2D eigenvalue weighted by Crippen LogP contribution is 2.16. The number of aromatic nitrogens is 1. The molecule has 9 heteroatoms. The highest BCUT2D eigenvalue weighted by molar-refractivity contribution is 7.11. The van der Waals surface area contributed by atoms with Gasteiger partial charge in [0, 0.05) is 43.8 Å². The van der Waals surface area contributed by atoms with Crippen LogP contribution in [0.1, 0.15) is 29.3 Å². The third kappa shape index (κ3) is 5.81. The number of benzene rings is 1. The Morgan fingerprint density at radius 2 is 2.07 bits per heavy atom. The number of hydrogen-bond acceptors (Lipinski definition) is 7. The van der Waals surface area contributed by atoms with E-state index in [-0.39, 0.29) is 23.7 Å². The number of hydrogen-bond donors (Lipinski definition) is 1. The van der Waals surface area contributed by atoms with Gasteiger partial charge in [0.25, 0.3) is 0 Å². The molecule has 1 amide bonds. The second-order valence-corrected chi connectivity index (χ2v) is 7.71. The Hall–Kier alpha value is -2.36. The normalized spacial score (nSPS) is 16.4. The molecule has 29 heavy (non-hydrogen) atoms.